The molecule has 1 heterocycles. The molecule has 0 aliphatic carbocycles. The zero-order chi connectivity index (χ0) is 12.3. The molecule has 0 saturated heterocycles. The van der Waals surface area contributed by atoms with Crippen LogP contribution in [-0.4, -0.2) is 6.54 Å². The Hall–Kier alpha value is -0.320. The van der Waals surface area contributed by atoms with E-state index in [1.807, 2.05) is 0 Å². The molecule has 0 radical (unpaired) electrons. The summed E-state index contributed by atoms with van der Waals surface area (Å²) >= 11 is 8.92. The van der Waals surface area contributed by atoms with Gasteiger partial charge in [0.25, 0.3) is 0 Å². The highest BCUT2D eigenvalue weighted by molar-refractivity contribution is 9.11. The molecule has 4 heteroatoms. The van der Waals surface area contributed by atoms with E-state index in [4.69, 9.17) is 0 Å². The molecule has 0 bridgehead atoms. The van der Waals surface area contributed by atoms with Gasteiger partial charge in [-0.2, -0.15) is 11.3 Å². The van der Waals surface area contributed by atoms with Crippen LogP contribution in [0.1, 0.15) is 11.1 Å². The highest BCUT2D eigenvalue weighted by atomic mass is 79.9. The standard InChI is InChI=1S/C13H13Br2NS/c1-9-6-11(14)13(12(15)7-9)16-4-2-10-3-5-17-8-10/h3,5-8,16H,2,4H2,1H3. The van der Waals surface area contributed by atoms with Gasteiger partial charge in [0, 0.05) is 15.5 Å². The molecule has 17 heavy (non-hydrogen) atoms. The number of hydrogen-bond donors (Lipinski definition) is 1. The highest BCUT2D eigenvalue weighted by Crippen LogP contribution is 2.32. The van der Waals surface area contributed by atoms with Crippen molar-refractivity contribution >= 4 is 48.9 Å². The molecule has 90 valence electrons. The first-order valence-electron chi connectivity index (χ1n) is 5.37. The van der Waals surface area contributed by atoms with E-state index < -0.39 is 0 Å². The van der Waals surface area contributed by atoms with Crippen LogP contribution < -0.4 is 5.32 Å². The summed E-state index contributed by atoms with van der Waals surface area (Å²) in [7, 11) is 0. The molecule has 0 atom stereocenters. The number of aryl methyl sites for hydroxylation is 1. The molecule has 2 aromatic rings. The summed E-state index contributed by atoms with van der Waals surface area (Å²) in [6, 6.07) is 6.42. The van der Waals surface area contributed by atoms with Crippen molar-refractivity contribution in [3.05, 3.63) is 49.0 Å². The molecule has 0 aliphatic heterocycles. The molecular formula is C13H13Br2NS. The van der Waals surface area contributed by atoms with Crippen LogP contribution in [0.15, 0.2) is 37.9 Å². The molecule has 0 amide bonds. The molecule has 0 saturated carbocycles. The largest absolute Gasteiger partial charge is 0.383 e. The first-order valence-corrected chi connectivity index (χ1v) is 7.90. The molecule has 0 unspecified atom stereocenters. The molecule has 1 aromatic heterocycles. The maximum Gasteiger partial charge on any atom is 0.0629 e. The average molecular weight is 375 g/mol. The normalized spacial score (nSPS) is 10.5. The number of thiophene rings is 1. The van der Waals surface area contributed by atoms with Crippen LogP contribution in [0, 0.1) is 6.92 Å². The Kier molecular flexibility index (Phi) is 4.65. The van der Waals surface area contributed by atoms with E-state index >= 15 is 0 Å². The lowest BCUT2D eigenvalue weighted by Gasteiger charge is -2.11. The van der Waals surface area contributed by atoms with Crippen LogP contribution in [-0.2, 0) is 6.42 Å². The van der Waals surface area contributed by atoms with Crippen molar-refractivity contribution in [2.24, 2.45) is 0 Å². The van der Waals surface area contributed by atoms with Gasteiger partial charge in [0.2, 0.25) is 0 Å². The minimum Gasteiger partial charge on any atom is -0.383 e. The lowest BCUT2D eigenvalue weighted by Crippen LogP contribution is -2.05. The van der Waals surface area contributed by atoms with Crippen LogP contribution in [0.25, 0.3) is 0 Å². The van der Waals surface area contributed by atoms with Crippen molar-refractivity contribution in [2.75, 3.05) is 11.9 Å². The quantitative estimate of drug-likeness (QED) is 0.771. The van der Waals surface area contributed by atoms with Gasteiger partial charge in [0.15, 0.2) is 0 Å². The van der Waals surface area contributed by atoms with E-state index in [2.05, 4.69) is 73.1 Å². The predicted octanol–water partition coefficient (Wildman–Crippen LogP) is 5.24. The summed E-state index contributed by atoms with van der Waals surface area (Å²) in [5.41, 5.74) is 3.76. The van der Waals surface area contributed by atoms with Crippen LogP contribution in [0.4, 0.5) is 5.69 Å². The third kappa shape index (κ3) is 3.57. The van der Waals surface area contributed by atoms with Gasteiger partial charge in [-0.15, -0.1) is 0 Å². The third-order valence-electron chi connectivity index (χ3n) is 2.48. The molecular weight excluding hydrogens is 362 g/mol. The second-order valence-corrected chi connectivity index (χ2v) is 6.40. The number of halogens is 2. The van der Waals surface area contributed by atoms with Gasteiger partial charge in [-0.05, 0) is 85.3 Å². The van der Waals surface area contributed by atoms with Crippen molar-refractivity contribution in [1.82, 2.24) is 0 Å². The van der Waals surface area contributed by atoms with Gasteiger partial charge in [0.1, 0.15) is 0 Å². The van der Waals surface area contributed by atoms with E-state index in [9.17, 15) is 0 Å². The first kappa shape index (κ1) is 13.1. The number of anilines is 1. The Labute approximate surface area is 123 Å². The molecule has 2 rings (SSSR count). The lowest BCUT2D eigenvalue weighted by molar-refractivity contribution is 1.02. The Morgan fingerprint density at radius 1 is 1.24 bits per heavy atom. The molecule has 0 fully saturated rings. The maximum atomic E-state index is 3.59. The van der Waals surface area contributed by atoms with Crippen molar-refractivity contribution in [3.63, 3.8) is 0 Å². The van der Waals surface area contributed by atoms with Gasteiger partial charge in [-0.1, -0.05) is 0 Å². The lowest BCUT2D eigenvalue weighted by atomic mass is 10.2. The second kappa shape index (κ2) is 6.03. The van der Waals surface area contributed by atoms with Crippen molar-refractivity contribution < 1.29 is 0 Å². The first-order chi connectivity index (χ1) is 8.16. The highest BCUT2D eigenvalue weighted by Gasteiger charge is 2.05. The van der Waals surface area contributed by atoms with Gasteiger partial charge in [-0.25, -0.2) is 0 Å². The molecule has 1 aromatic carbocycles. The smallest absolute Gasteiger partial charge is 0.0629 e. The summed E-state index contributed by atoms with van der Waals surface area (Å²) in [4.78, 5) is 0. The third-order valence-corrected chi connectivity index (χ3v) is 4.46. The Morgan fingerprint density at radius 3 is 2.53 bits per heavy atom. The van der Waals surface area contributed by atoms with Crippen molar-refractivity contribution in [3.8, 4) is 0 Å². The summed E-state index contributed by atoms with van der Waals surface area (Å²) in [5, 5.41) is 7.77. The van der Waals surface area contributed by atoms with E-state index in [1.165, 1.54) is 11.1 Å². The zero-order valence-electron chi connectivity index (χ0n) is 9.47. The van der Waals surface area contributed by atoms with Crippen LogP contribution in [0.5, 0.6) is 0 Å². The Balaban J connectivity index is 1.99. The zero-order valence-corrected chi connectivity index (χ0v) is 13.5. The van der Waals surface area contributed by atoms with Gasteiger partial charge < -0.3 is 5.32 Å². The average Bonchev–Trinajstić information content (AvgIpc) is 2.74. The summed E-state index contributed by atoms with van der Waals surface area (Å²) in [6.07, 6.45) is 1.05. The summed E-state index contributed by atoms with van der Waals surface area (Å²) in [6.45, 7) is 3.03. The van der Waals surface area contributed by atoms with E-state index in [0.29, 0.717) is 0 Å². The van der Waals surface area contributed by atoms with E-state index in [-0.39, 0.29) is 0 Å². The van der Waals surface area contributed by atoms with Crippen LogP contribution in [0.2, 0.25) is 0 Å². The molecule has 1 nitrogen and oxygen atoms in total. The van der Waals surface area contributed by atoms with E-state index in [0.717, 1.165) is 27.6 Å². The SMILES string of the molecule is Cc1cc(Br)c(NCCc2ccsc2)c(Br)c1. The molecule has 0 spiro atoms. The van der Waals surface area contributed by atoms with Gasteiger partial charge in [-0.3, -0.25) is 0 Å². The molecule has 0 aliphatic rings. The van der Waals surface area contributed by atoms with E-state index in [1.54, 1.807) is 11.3 Å². The fourth-order valence-corrected chi connectivity index (χ4v) is 4.03. The number of hydrogen-bond acceptors (Lipinski definition) is 2. The monoisotopic (exact) mass is 373 g/mol. The Bertz CT molecular complexity index is 471. The van der Waals surface area contributed by atoms with Gasteiger partial charge >= 0.3 is 0 Å². The number of rotatable bonds is 4. The van der Waals surface area contributed by atoms with Crippen LogP contribution in [0.3, 0.4) is 0 Å². The summed E-state index contributed by atoms with van der Waals surface area (Å²) < 4.78 is 2.21. The number of benzene rings is 1. The van der Waals surface area contributed by atoms with Gasteiger partial charge in [0.05, 0.1) is 5.69 Å². The van der Waals surface area contributed by atoms with Crippen molar-refractivity contribution in [2.45, 2.75) is 13.3 Å². The minimum atomic E-state index is 0.941. The summed E-state index contributed by atoms with van der Waals surface area (Å²) in [5.74, 6) is 0. The fraction of sp³-hybridized carbons (Fsp3) is 0.231. The second-order valence-electron chi connectivity index (χ2n) is 3.91. The predicted molar refractivity (Wildman–Crippen MR) is 83.1 cm³/mol. The van der Waals surface area contributed by atoms with Crippen molar-refractivity contribution in [1.29, 1.82) is 0 Å². The van der Waals surface area contributed by atoms with Crippen LogP contribution >= 0.6 is 43.2 Å². The molecule has 1 N–H and O–H groups in total. The number of nitrogens with one attached hydrogen (secondary N) is 1. The Morgan fingerprint density at radius 2 is 1.94 bits per heavy atom. The fourth-order valence-electron chi connectivity index (χ4n) is 1.64. The topological polar surface area (TPSA) is 12.0 Å². The maximum absolute atomic E-state index is 3.59. The minimum absolute atomic E-state index is 0.941.